The number of aromatic nitrogens is 1. The number of hydrogen-bond acceptors (Lipinski definition) is 1. The van der Waals surface area contributed by atoms with Gasteiger partial charge in [-0.25, -0.2) is 0 Å². The summed E-state index contributed by atoms with van der Waals surface area (Å²) in [6.07, 6.45) is 7.16. The molecule has 0 saturated heterocycles. The van der Waals surface area contributed by atoms with Crippen molar-refractivity contribution >= 4 is 10.9 Å². The molecule has 18 heavy (non-hydrogen) atoms. The number of nitriles is 1. The number of hydrogen-bond donors (Lipinski definition) is 1. The molecule has 0 spiro atoms. The van der Waals surface area contributed by atoms with Gasteiger partial charge in [0.1, 0.15) is 0 Å². The fourth-order valence-electron chi connectivity index (χ4n) is 2.48. The number of nitrogens with one attached hydrogen (secondary N) is 1. The van der Waals surface area contributed by atoms with Crippen molar-refractivity contribution in [3.63, 3.8) is 0 Å². The van der Waals surface area contributed by atoms with Crippen LogP contribution in [-0.2, 0) is 0 Å². The van der Waals surface area contributed by atoms with E-state index in [0.717, 1.165) is 11.1 Å². The molecule has 1 aromatic heterocycles. The van der Waals surface area contributed by atoms with Crippen LogP contribution in [0.1, 0.15) is 56.6 Å². The van der Waals surface area contributed by atoms with Gasteiger partial charge in [0.2, 0.25) is 0 Å². The molecule has 1 unspecified atom stereocenters. The summed E-state index contributed by atoms with van der Waals surface area (Å²) in [5.74, 6) is 0.555. The van der Waals surface area contributed by atoms with Crippen LogP contribution in [0.4, 0.5) is 0 Å². The molecule has 2 rings (SSSR count). The third kappa shape index (κ3) is 2.56. The SMILES string of the molecule is CCCCCC(C)c1c[nH]c2ccc(C#N)cc12. The average Bonchev–Trinajstić information content (AvgIpc) is 2.81. The highest BCUT2D eigenvalue weighted by atomic mass is 14.7. The zero-order chi connectivity index (χ0) is 13.0. The van der Waals surface area contributed by atoms with E-state index in [-0.39, 0.29) is 0 Å². The largest absolute Gasteiger partial charge is 0.361 e. The summed E-state index contributed by atoms with van der Waals surface area (Å²) in [5.41, 5.74) is 3.22. The number of fused-ring (bicyclic) bond motifs is 1. The monoisotopic (exact) mass is 240 g/mol. The summed E-state index contributed by atoms with van der Waals surface area (Å²) in [4.78, 5) is 3.30. The van der Waals surface area contributed by atoms with Crippen molar-refractivity contribution < 1.29 is 0 Å². The average molecular weight is 240 g/mol. The first-order chi connectivity index (χ1) is 8.76. The van der Waals surface area contributed by atoms with Crippen LogP contribution in [0.3, 0.4) is 0 Å². The van der Waals surface area contributed by atoms with Crippen LogP contribution in [0, 0.1) is 11.3 Å². The molecule has 0 aliphatic heterocycles. The minimum atomic E-state index is 0.555. The normalized spacial score (nSPS) is 12.5. The Hall–Kier alpha value is -1.75. The molecule has 0 fully saturated rings. The molecule has 2 heteroatoms. The standard InChI is InChI=1S/C16H20N2/c1-3-4-5-6-12(2)15-11-18-16-8-7-13(10-17)9-14(15)16/h7-9,11-12,18H,3-6H2,1-2H3. The van der Waals surface area contributed by atoms with Gasteiger partial charge in [-0.05, 0) is 36.1 Å². The van der Waals surface area contributed by atoms with E-state index in [1.165, 1.54) is 36.6 Å². The van der Waals surface area contributed by atoms with Gasteiger partial charge in [0.05, 0.1) is 11.6 Å². The Labute approximate surface area is 109 Å². The molecular weight excluding hydrogens is 220 g/mol. The molecule has 0 radical (unpaired) electrons. The van der Waals surface area contributed by atoms with Crippen LogP contribution in [0.2, 0.25) is 0 Å². The second-order valence-corrected chi connectivity index (χ2v) is 5.01. The van der Waals surface area contributed by atoms with Crippen molar-refractivity contribution in [3.8, 4) is 6.07 Å². The summed E-state index contributed by atoms with van der Waals surface area (Å²) in [7, 11) is 0. The Morgan fingerprint density at radius 1 is 1.33 bits per heavy atom. The van der Waals surface area contributed by atoms with Crippen molar-refractivity contribution in [2.75, 3.05) is 0 Å². The van der Waals surface area contributed by atoms with Gasteiger partial charge < -0.3 is 4.98 Å². The van der Waals surface area contributed by atoms with E-state index in [9.17, 15) is 0 Å². The van der Waals surface area contributed by atoms with Crippen LogP contribution in [0.25, 0.3) is 10.9 Å². The third-order valence-corrected chi connectivity index (χ3v) is 3.61. The van der Waals surface area contributed by atoms with E-state index < -0.39 is 0 Å². The molecule has 0 amide bonds. The predicted octanol–water partition coefficient (Wildman–Crippen LogP) is 4.72. The molecule has 0 aliphatic rings. The summed E-state index contributed by atoms with van der Waals surface area (Å²) in [6.45, 7) is 4.51. The summed E-state index contributed by atoms with van der Waals surface area (Å²) >= 11 is 0. The highest BCUT2D eigenvalue weighted by Crippen LogP contribution is 2.29. The van der Waals surface area contributed by atoms with Gasteiger partial charge >= 0.3 is 0 Å². The Bertz CT molecular complexity index is 560. The van der Waals surface area contributed by atoms with Gasteiger partial charge in [-0.15, -0.1) is 0 Å². The lowest BCUT2D eigenvalue weighted by atomic mass is 9.94. The molecule has 2 aromatic rings. The lowest BCUT2D eigenvalue weighted by Gasteiger charge is -2.10. The van der Waals surface area contributed by atoms with E-state index in [2.05, 4.69) is 31.1 Å². The van der Waals surface area contributed by atoms with Gasteiger partial charge in [0.15, 0.2) is 0 Å². The van der Waals surface area contributed by atoms with Crippen molar-refractivity contribution in [2.24, 2.45) is 0 Å². The minimum absolute atomic E-state index is 0.555. The maximum atomic E-state index is 8.98. The lowest BCUT2D eigenvalue weighted by molar-refractivity contribution is 0.600. The molecular formula is C16H20N2. The third-order valence-electron chi connectivity index (χ3n) is 3.61. The molecule has 1 N–H and O–H groups in total. The van der Waals surface area contributed by atoms with Gasteiger partial charge in [0, 0.05) is 17.1 Å². The fourth-order valence-corrected chi connectivity index (χ4v) is 2.48. The Morgan fingerprint density at radius 3 is 2.89 bits per heavy atom. The van der Waals surface area contributed by atoms with E-state index in [1.807, 2.05) is 18.2 Å². The smallest absolute Gasteiger partial charge is 0.0991 e. The number of H-pyrrole nitrogens is 1. The Morgan fingerprint density at radius 2 is 2.17 bits per heavy atom. The second-order valence-electron chi connectivity index (χ2n) is 5.01. The molecule has 2 nitrogen and oxygen atoms in total. The number of nitrogens with zero attached hydrogens (tertiary/aromatic N) is 1. The zero-order valence-electron chi connectivity index (χ0n) is 11.2. The molecule has 0 saturated carbocycles. The predicted molar refractivity (Wildman–Crippen MR) is 75.6 cm³/mol. The molecule has 1 heterocycles. The van der Waals surface area contributed by atoms with E-state index in [4.69, 9.17) is 5.26 Å². The van der Waals surface area contributed by atoms with Crippen molar-refractivity contribution in [1.29, 1.82) is 5.26 Å². The highest BCUT2D eigenvalue weighted by Gasteiger charge is 2.11. The van der Waals surface area contributed by atoms with E-state index in [1.54, 1.807) is 0 Å². The van der Waals surface area contributed by atoms with Crippen molar-refractivity contribution in [2.45, 2.75) is 45.4 Å². The van der Waals surface area contributed by atoms with Crippen molar-refractivity contribution in [3.05, 3.63) is 35.5 Å². The number of benzene rings is 1. The van der Waals surface area contributed by atoms with Gasteiger partial charge in [-0.2, -0.15) is 5.26 Å². The fraction of sp³-hybridized carbons (Fsp3) is 0.438. The molecule has 0 bridgehead atoms. The number of rotatable bonds is 5. The first-order valence-corrected chi connectivity index (χ1v) is 6.77. The maximum Gasteiger partial charge on any atom is 0.0991 e. The summed E-state index contributed by atoms with van der Waals surface area (Å²) in [5, 5.41) is 10.2. The Balaban J connectivity index is 2.24. The Kier molecular flexibility index (Phi) is 4.04. The molecule has 0 aliphatic carbocycles. The van der Waals surface area contributed by atoms with Crippen LogP contribution in [0.15, 0.2) is 24.4 Å². The van der Waals surface area contributed by atoms with Gasteiger partial charge in [-0.1, -0.05) is 33.1 Å². The van der Waals surface area contributed by atoms with Crippen LogP contribution in [-0.4, -0.2) is 4.98 Å². The van der Waals surface area contributed by atoms with E-state index >= 15 is 0 Å². The molecule has 1 aromatic carbocycles. The zero-order valence-corrected chi connectivity index (χ0v) is 11.2. The topological polar surface area (TPSA) is 39.6 Å². The molecule has 94 valence electrons. The second kappa shape index (κ2) is 5.73. The van der Waals surface area contributed by atoms with E-state index in [0.29, 0.717) is 5.92 Å². The van der Waals surface area contributed by atoms with Gasteiger partial charge in [0.25, 0.3) is 0 Å². The minimum Gasteiger partial charge on any atom is -0.361 e. The number of aromatic amines is 1. The van der Waals surface area contributed by atoms with Crippen molar-refractivity contribution in [1.82, 2.24) is 4.98 Å². The van der Waals surface area contributed by atoms with Crippen LogP contribution in [0.5, 0.6) is 0 Å². The first-order valence-electron chi connectivity index (χ1n) is 6.77. The van der Waals surface area contributed by atoms with Crippen LogP contribution < -0.4 is 0 Å². The molecule has 1 atom stereocenters. The highest BCUT2D eigenvalue weighted by molar-refractivity contribution is 5.85. The maximum absolute atomic E-state index is 8.98. The van der Waals surface area contributed by atoms with Crippen LogP contribution >= 0.6 is 0 Å². The lowest BCUT2D eigenvalue weighted by Crippen LogP contribution is -1.92. The first kappa shape index (κ1) is 12.7. The summed E-state index contributed by atoms with van der Waals surface area (Å²) in [6, 6.07) is 8.07. The quantitative estimate of drug-likeness (QED) is 0.754. The van der Waals surface area contributed by atoms with Gasteiger partial charge in [-0.3, -0.25) is 0 Å². The summed E-state index contributed by atoms with van der Waals surface area (Å²) < 4.78 is 0. The number of unbranched alkanes of at least 4 members (excludes halogenated alkanes) is 2.